The van der Waals surface area contributed by atoms with Crippen LogP contribution in [-0.4, -0.2) is 5.91 Å². The van der Waals surface area contributed by atoms with Crippen molar-refractivity contribution in [1.29, 1.82) is 10.5 Å². The first-order valence-electron chi connectivity index (χ1n) is 10.9. The molecule has 5 rings (SSSR count). The highest BCUT2D eigenvalue weighted by Crippen LogP contribution is 2.51. The number of hydrogen-bond acceptors (Lipinski definition) is 3. The van der Waals surface area contributed by atoms with Crippen LogP contribution in [0.5, 0.6) is 0 Å². The molecule has 4 heteroatoms. The third-order valence-corrected chi connectivity index (χ3v) is 6.21. The van der Waals surface area contributed by atoms with Crippen LogP contribution in [0, 0.1) is 22.7 Å². The second-order valence-corrected chi connectivity index (χ2v) is 7.94. The number of anilines is 1. The van der Waals surface area contributed by atoms with Crippen LogP contribution >= 0.6 is 0 Å². The summed E-state index contributed by atoms with van der Waals surface area (Å²) in [6, 6.07) is 40.8. The van der Waals surface area contributed by atoms with Gasteiger partial charge in [0, 0.05) is 5.56 Å². The monoisotopic (exact) mass is 437 g/mol. The lowest BCUT2D eigenvalue weighted by Gasteiger charge is -2.43. The van der Waals surface area contributed by atoms with Crippen LogP contribution in [-0.2, 0) is 10.3 Å². The molecule has 1 heterocycles. The maximum absolute atomic E-state index is 14.3. The normalized spacial score (nSPS) is 12.6. The zero-order valence-corrected chi connectivity index (χ0v) is 18.2. The van der Waals surface area contributed by atoms with Crippen LogP contribution < -0.4 is 4.90 Å². The quantitative estimate of drug-likeness (QED) is 0.229. The van der Waals surface area contributed by atoms with Gasteiger partial charge in [0.05, 0.1) is 11.3 Å². The van der Waals surface area contributed by atoms with E-state index in [9.17, 15) is 15.3 Å². The minimum absolute atomic E-state index is 0.132. The van der Waals surface area contributed by atoms with Crippen LogP contribution in [0.1, 0.15) is 22.3 Å². The Kier molecular flexibility index (Phi) is 5.26. The van der Waals surface area contributed by atoms with E-state index in [-0.39, 0.29) is 17.1 Å². The number of hydrogen-bond donors (Lipinski definition) is 0. The number of rotatable bonds is 4. The van der Waals surface area contributed by atoms with Crippen molar-refractivity contribution in [3.63, 3.8) is 0 Å². The summed E-state index contributed by atoms with van der Waals surface area (Å²) in [6.07, 6.45) is 0. The molecular weight excluding hydrogens is 418 g/mol. The summed E-state index contributed by atoms with van der Waals surface area (Å²) < 4.78 is 0. The zero-order chi connectivity index (χ0) is 23.5. The maximum Gasteiger partial charge on any atom is 0.262 e. The molecule has 4 aromatic carbocycles. The predicted molar refractivity (Wildman–Crippen MR) is 131 cm³/mol. The largest absolute Gasteiger partial charge is 0.289 e. The first-order valence-corrected chi connectivity index (χ1v) is 10.9. The molecule has 0 atom stereocenters. The van der Waals surface area contributed by atoms with E-state index in [4.69, 9.17) is 0 Å². The van der Waals surface area contributed by atoms with Crippen LogP contribution in [0.3, 0.4) is 0 Å². The van der Waals surface area contributed by atoms with Crippen molar-refractivity contribution < 1.29 is 4.79 Å². The minimum atomic E-state index is -1.03. The molecule has 0 aromatic heterocycles. The van der Waals surface area contributed by atoms with Crippen LogP contribution in [0.4, 0.5) is 5.69 Å². The van der Waals surface area contributed by atoms with Gasteiger partial charge in [-0.1, -0.05) is 109 Å². The molecule has 0 aliphatic carbocycles. The van der Waals surface area contributed by atoms with Gasteiger partial charge in [-0.15, -0.1) is 0 Å². The molecule has 0 N–H and O–H groups in total. The number of allylic oxidation sites excluding steroid dienone is 1. The first-order chi connectivity index (χ1) is 16.7. The Bertz CT molecular complexity index is 1360. The van der Waals surface area contributed by atoms with E-state index in [1.807, 2.05) is 121 Å². The van der Waals surface area contributed by atoms with Crippen molar-refractivity contribution in [3.05, 3.63) is 143 Å². The van der Waals surface area contributed by atoms with E-state index < -0.39 is 5.54 Å². The van der Waals surface area contributed by atoms with Crippen molar-refractivity contribution in [2.75, 3.05) is 4.90 Å². The maximum atomic E-state index is 14.3. The number of amides is 1. The van der Waals surface area contributed by atoms with E-state index in [0.717, 1.165) is 16.7 Å². The van der Waals surface area contributed by atoms with Gasteiger partial charge in [0.2, 0.25) is 0 Å². The SMILES string of the molecule is N#CC(C#N)=C1C(=O)N(C(c2ccccc2)(c2ccccc2)c2ccccc2)c2ccccc21. The Morgan fingerprint density at radius 2 is 1.03 bits per heavy atom. The van der Waals surface area contributed by atoms with Crippen molar-refractivity contribution in [2.24, 2.45) is 0 Å². The highest BCUT2D eigenvalue weighted by atomic mass is 16.2. The van der Waals surface area contributed by atoms with Crippen molar-refractivity contribution in [2.45, 2.75) is 5.54 Å². The summed E-state index contributed by atoms with van der Waals surface area (Å²) in [5, 5.41) is 19.3. The zero-order valence-electron chi connectivity index (χ0n) is 18.2. The number of benzene rings is 4. The molecule has 0 saturated carbocycles. The molecule has 1 aliphatic rings. The topological polar surface area (TPSA) is 67.9 Å². The average molecular weight is 438 g/mol. The van der Waals surface area contributed by atoms with E-state index in [1.54, 1.807) is 11.0 Å². The number of nitriles is 2. The van der Waals surface area contributed by atoms with Gasteiger partial charge in [0.25, 0.3) is 5.91 Å². The first kappa shape index (κ1) is 20.9. The fourth-order valence-electron chi connectivity index (χ4n) is 4.85. The molecule has 0 saturated heterocycles. The standard InChI is InChI=1S/C30H19N3O/c31-20-22(21-32)28-26-18-10-11-19-27(26)33(29(28)34)30(23-12-4-1-5-13-23,24-14-6-2-7-15-24)25-16-8-3-9-17-25/h1-19H. The summed E-state index contributed by atoms with van der Waals surface area (Å²) in [6.45, 7) is 0. The minimum Gasteiger partial charge on any atom is -0.289 e. The molecule has 4 aromatic rings. The van der Waals surface area contributed by atoms with E-state index in [0.29, 0.717) is 11.3 Å². The third kappa shape index (κ3) is 3.02. The molecule has 160 valence electrons. The highest BCUT2D eigenvalue weighted by molar-refractivity contribution is 6.35. The Morgan fingerprint density at radius 1 is 0.618 bits per heavy atom. The second kappa shape index (κ2) is 8.54. The van der Waals surface area contributed by atoms with Crippen molar-refractivity contribution >= 4 is 17.2 Å². The van der Waals surface area contributed by atoms with Gasteiger partial charge in [0.1, 0.15) is 23.3 Å². The lowest BCUT2D eigenvalue weighted by molar-refractivity contribution is -0.113. The Labute approximate surface area is 198 Å². The Hall–Kier alpha value is -4.93. The fraction of sp³-hybridized carbons (Fsp3) is 0.0333. The number of carbonyl (C=O) groups is 1. The molecule has 0 fully saturated rings. The number of carbonyl (C=O) groups excluding carboxylic acids is 1. The Balaban J connectivity index is 1.96. The summed E-state index contributed by atoms with van der Waals surface area (Å²) in [5.41, 5.74) is 2.83. The molecular formula is C30H19N3O. The lowest BCUT2D eigenvalue weighted by Crippen LogP contribution is -2.50. The highest BCUT2D eigenvalue weighted by Gasteiger charge is 2.50. The summed E-state index contributed by atoms with van der Waals surface area (Å²) in [5.74, 6) is -0.379. The summed E-state index contributed by atoms with van der Waals surface area (Å²) >= 11 is 0. The Morgan fingerprint density at radius 3 is 1.47 bits per heavy atom. The van der Waals surface area contributed by atoms with E-state index in [1.165, 1.54) is 0 Å². The van der Waals surface area contributed by atoms with Gasteiger partial charge in [0.15, 0.2) is 0 Å². The van der Waals surface area contributed by atoms with Crippen LogP contribution in [0.15, 0.2) is 121 Å². The van der Waals surface area contributed by atoms with Gasteiger partial charge in [-0.05, 0) is 22.8 Å². The van der Waals surface area contributed by atoms with Gasteiger partial charge in [-0.2, -0.15) is 10.5 Å². The average Bonchev–Trinajstić information content (AvgIpc) is 3.20. The predicted octanol–water partition coefficient (Wildman–Crippen LogP) is 5.83. The van der Waals surface area contributed by atoms with Crippen LogP contribution in [0.2, 0.25) is 0 Å². The van der Waals surface area contributed by atoms with Gasteiger partial charge >= 0.3 is 0 Å². The van der Waals surface area contributed by atoms with Crippen molar-refractivity contribution in [3.8, 4) is 12.1 Å². The molecule has 34 heavy (non-hydrogen) atoms. The smallest absolute Gasteiger partial charge is 0.262 e. The molecule has 0 bridgehead atoms. The third-order valence-electron chi connectivity index (χ3n) is 6.21. The summed E-state index contributed by atoms with van der Waals surface area (Å²) in [7, 11) is 0. The second-order valence-electron chi connectivity index (χ2n) is 7.94. The molecule has 0 radical (unpaired) electrons. The number of fused-ring (bicyclic) bond motifs is 1. The van der Waals surface area contributed by atoms with E-state index in [2.05, 4.69) is 0 Å². The molecule has 4 nitrogen and oxygen atoms in total. The molecule has 0 spiro atoms. The van der Waals surface area contributed by atoms with Gasteiger partial charge < -0.3 is 0 Å². The molecule has 1 amide bonds. The van der Waals surface area contributed by atoms with Gasteiger partial charge in [-0.25, -0.2) is 0 Å². The van der Waals surface area contributed by atoms with Gasteiger partial charge in [-0.3, -0.25) is 9.69 Å². The van der Waals surface area contributed by atoms with Crippen molar-refractivity contribution in [1.82, 2.24) is 0 Å². The number of nitrogens with zero attached hydrogens (tertiary/aromatic N) is 3. The lowest BCUT2D eigenvalue weighted by atomic mass is 9.75. The van der Waals surface area contributed by atoms with E-state index >= 15 is 0 Å². The molecule has 0 unspecified atom stereocenters. The van der Waals surface area contributed by atoms with Crippen LogP contribution in [0.25, 0.3) is 5.57 Å². The number of para-hydroxylation sites is 1. The summed E-state index contributed by atoms with van der Waals surface area (Å²) in [4.78, 5) is 16.0. The molecule has 1 aliphatic heterocycles. The fourth-order valence-corrected chi connectivity index (χ4v) is 4.85.